The summed E-state index contributed by atoms with van der Waals surface area (Å²) >= 11 is 0. The zero-order valence-electron chi connectivity index (χ0n) is 14.7. The predicted octanol–water partition coefficient (Wildman–Crippen LogP) is 2.90. The Morgan fingerprint density at radius 3 is 2.28 bits per heavy atom. The van der Waals surface area contributed by atoms with Crippen molar-refractivity contribution in [3.05, 3.63) is 54.1 Å². The highest BCUT2D eigenvalue weighted by molar-refractivity contribution is 7.89. The van der Waals surface area contributed by atoms with E-state index in [1.807, 2.05) is 13.0 Å². The highest BCUT2D eigenvalue weighted by Gasteiger charge is 2.28. The SMILES string of the molecule is CCOc1ccc(S(=O)(=O)N2CCN(c3cccc(C)c3)CC2)cc1. The largest absolute Gasteiger partial charge is 0.494 e. The van der Waals surface area contributed by atoms with Crippen molar-refractivity contribution in [2.75, 3.05) is 37.7 Å². The molecule has 0 saturated carbocycles. The van der Waals surface area contributed by atoms with Crippen molar-refractivity contribution in [1.82, 2.24) is 4.31 Å². The molecule has 6 heteroatoms. The Morgan fingerprint density at radius 1 is 1.00 bits per heavy atom. The van der Waals surface area contributed by atoms with Crippen molar-refractivity contribution in [2.24, 2.45) is 0 Å². The Kier molecular flexibility index (Phi) is 5.30. The molecule has 1 aliphatic rings. The number of aryl methyl sites for hydroxylation is 1. The molecular formula is C19H24N2O3S. The van der Waals surface area contributed by atoms with E-state index in [0.717, 1.165) is 5.69 Å². The second kappa shape index (κ2) is 7.45. The van der Waals surface area contributed by atoms with E-state index >= 15 is 0 Å². The molecule has 25 heavy (non-hydrogen) atoms. The zero-order chi connectivity index (χ0) is 17.9. The van der Waals surface area contributed by atoms with Crippen LogP contribution < -0.4 is 9.64 Å². The Morgan fingerprint density at radius 2 is 1.68 bits per heavy atom. The van der Waals surface area contributed by atoms with E-state index < -0.39 is 10.0 Å². The first-order valence-electron chi connectivity index (χ1n) is 8.55. The standard InChI is InChI=1S/C19H24N2O3S/c1-3-24-18-7-9-19(10-8-18)25(22,23)21-13-11-20(12-14-21)17-6-4-5-16(2)15-17/h4-10,15H,3,11-14H2,1-2H3. The molecule has 134 valence electrons. The molecule has 2 aromatic rings. The average molecular weight is 360 g/mol. The van der Waals surface area contributed by atoms with Crippen molar-refractivity contribution in [3.8, 4) is 5.75 Å². The molecule has 0 amide bonds. The fraction of sp³-hybridized carbons (Fsp3) is 0.368. The van der Waals surface area contributed by atoms with E-state index in [1.165, 1.54) is 5.56 Å². The lowest BCUT2D eigenvalue weighted by molar-refractivity contribution is 0.340. The number of rotatable bonds is 5. The molecule has 1 aliphatic heterocycles. The Balaban J connectivity index is 1.68. The second-order valence-electron chi connectivity index (χ2n) is 6.13. The molecule has 1 saturated heterocycles. The first-order valence-corrected chi connectivity index (χ1v) is 9.99. The lowest BCUT2D eigenvalue weighted by atomic mass is 10.2. The number of ether oxygens (including phenoxy) is 1. The van der Waals surface area contributed by atoms with Crippen LogP contribution in [0.25, 0.3) is 0 Å². The summed E-state index contributed by atoms with van der Waals surface area (Å²) in [6.07, 6.45) is 0. The van der Waals surface area contributed by atoms with E-state index in [4.69, 9.17) is 4.74 Å². The minimum Gasteiger partial charge on any atom is -0.494 e. The van der Waals surface area contributed by atoms with Gasteiger partial charge in [0.1, 0.15) is 5.75 Å². The van der Waals surface area contributed by atoms with Crippen LogP contribution in [0.3, 0.4) is 0 Å². The van der Waals surface area contributed by atoms with Crippen LogP contribution in [-0.4, -0.2) is 45.5 Å². The highest BCUT2D eigenvalue weighted by Crippen LogP contribution is 2.23. The molecule has 1 heterocycles. The Labute approximate surface area is 149 Å². The lowest BCUT2D eigenvalue weighted by Crippen LogP contribution is -2.48. The summed E-state index contributed by atoms with van der Waals surface area (Å²) in [7, 11) is -3.46. The van der Waals surface area contributed by atoms with Gasteiger partial charge in [0.05, 0.1) is 11.5 Å². The van der Waals surface area contributed by atoms with Crippen molar-refractivity contribution >= 4 is 15.7 Å². The van der Waals surface area contributed by atoms with Crippen molar-refractivity contribution in [3.63, 3.8) is 0 Å². The number of hydrogen-bond donors (Lipinski definition) is 0. The summed E-state index contributed by atoms with van der Waals surface area (Å²) in [6, 6.07) is 15.0. The molecule has 1 fully saturated rings. The third-order valence-corrected chi connectivity index (χ3v) is 6.29. The van der Waals surface area contributed by atoms with Gasteiger partial charge in [-0.25, -0.2) is 8.42 Å². The van der Waals surface area contributed by atoms with E-state index in [0.29, 0.717) is 43.4 Å². The number of anilines is 1. The second-order valence-corrected chi connectivity index (χ2v) is 8.07. The van der Waals surface area contributed by atoms with Gasteiger partial charge in [-0.3, -0.25) is 0 Å². The fourth-order valence-electron chi connectivity index (χ4n) is 3.03. The number of sulfonamides is 1. The smallest absolute Gasteiger partial charge is 0.243 e. The van der Waals surface area contributed by atoms with Crippen LogP contribution in [-0.2, 0) is 10.0 Å². The van der Waals surface area contributed by atoms with Crippen LogP contribution in [0.2, 0.25) is 0 Å². The maximum atomic E-state index is 12.8. The number of piperazine rings is 1. The lowest BCUT2D eigenvalue weighted by Gasteiger charge is -2.35. The van der Waals surface area contributed by atoms with E-state index in [2.05, 4.69) is 30.0 Å². The summed E-state index contributed by atoms with van der Waals surface area (Å²) < 4.78 is 32.6. The highest BCUT2D eigenvalue weighted by atomic mass is 32.2. The van der Waals surface area contributed by atoms with Crippen LogP contribution >= 0.6 is 0 Å². The van der Waals surface area contributed by atoms with Gasteiger partial charge >= 0.3 is 0 Å². The Bertz CT molecular complexity index is 811. The number of hydrogen-bond acceptors (Lipinski definition) is 4. The summed E-state index contributed by atoms with van der Waals surface area (Å²) in [6.45, 7) is 6.90. The van der Waals surface area contributed by atoms with E-state index in [9.17, 15) is 8.42 Å². The quantitative estimate of drug-likeness (QED) is 0.823. The van der Waals surface area contributed by atoms with Gasteiger partial charge in [-0.1, -0.05) is 12.1 Å². The molecule has 5 nitrogen and oxygen atoms in total. The molecule has 0 unspecified atom stereocenters. The van der Waals surface area contributed by atoms with Gasteiger partial charge < -0.3 is 9.64 Å². The molecule has 0 bridgehead atoms. The molecular weight excluding hydrogens is 336 g/mol. The van der Waals surface area contributed by atoms with Gasteiger partial charge in [-0.05, 0) is 55.8 Å². The third kappa shape index (κ3) is 3.96. The number of nitrogens with zero attached hydrogens (tertiary/aromatic N) is 2. The van der Waals surface area contributed by atoms with Crippen molar-refractivity contribution < 1.29 is 13.2 Å². The minimum absolute atomic E-state index is 0.319. The molecule has 0 N–H and O–H groups in total. The van der Waals surface area contributed by atoms with Gasteiger partial charge in [0.2, 0.25) is 10.0 Å². The number of benzene rings is 2. The van der Waals surface area contributed by atoms with Crippen LogP contribution in [0.5, 0.6) is 5.75 Å². The minimum atomic E-state index is -3.46. The van der Waals surface area contributed by atoms with Gasteiger partial charge in [0.15, 0.2) is 0 Å². The molecule has 2 aromatic carbocycles. The van der Waals surface area contributed by atoms with Gasteiger partial charge in [-0.2, -0.15) is 4.31 Å². The monoisotopic (exact) mass is 360 g/mol. The molecule has 0 spiro atoms. The van der Waals surface area contributed by atoms with Crippen LogP contribution in [0.15, 0.2) is 53.4 Å². The predicted molar refractivity (Wildman–Crippen MR) is 99.8 cm³/mol. The third-order valence-electron chi connectivity index (χ3n) is 4.38. The zero-order valence-corrected chi connectivity index (χ0v) is 15.5. The summed E-state index contributed by atoms with van der Waals surface area (Å²) in [5.74, 6) is 0.686. The topological polar surface area (TPSA) is 49.9 Å². The van der Waals surface area contributed by atoms with E-state index in [1.54, 1.807) is 28.6 Å². The van der Waals surface area contributed by atoms with Crippen molar-refractivity contribution in [1.29, 1.82) is 0 Å². The van der Waals surface area contributed by atoms with Crippen LogP contribution in [0.4, 0.5) is 5.69 Å². The average Bonchev–Trinajstić information content (AvgIpc) is 2.63. The maximum absolute atomic E-state index is 12.8. The van der Waals surface area contributed by atoms with Crippen LogP contribution in [0.1, 0.15) is 12.5 Å². The van der Waals surface area contributed by atoms with E-state index in [-0.39, 0.29) is 0 Å². The molecule has 0 atom stereocenters. The molecule has 0 aromatic heterocycles. The Hall–Kier alpha value is -2.05. The molecule has 3 rings (SSSR count). The van der Waals surface area contributed by atoms with Gasteiger partial charge in [-0.15, -0.1) is 0 Å². The first-order chi connectivity index (χ1) is 12.0. The molecule has 0 radical (unpaired) electrons. The van der Waals surface area contributed by atoms with Crippen molar-refractivity contribution in [2.45, 2.75) is 18.7 Å². The normalized spacial score (nSPS) is 16.0. The first kappa shape index (κ1) is 17.8. The van der Waals surface area contributed by atoms with Gasteiger partial charge in [0, 0.05) is 31.9 Å². The summed E-state index contributed by atoms with van der Waals surface area (Å²) in [4.78, 5) is 2.55. The fourth-order valence-corrected chi connectivity index (χ4v) is 4.46. The maximum Gasteiger partial charge on any atom is 0.243 e. The molecule has 0 aliphatic carbocycles. The van der Waals surface area contributed by atoms with Gasteiger partial charge in [0.25, 0.3) is 0 Å². The summed E-state index contributed by atoms with van der Waals surface area (Å²) in [5.41, 5.74) is 2.36. The van der Waals surface area contributed by atoms with Crippen LogP contribution in [0, 0.1) is 6.92 Å². The summed E-state index contributed by atoms with van der Waals surface area (Å²) in [5, 5.41) is 0.